The summed E-state index contributed by atoms with van der Waals surface area (Å²) in [6.07, 6.45) is 4.68. The second-order valence-corrected chi connectivity index (χ2v) is 9.97. The Kier molecular flexibility index (Phi) is 7.19. The fraction of sp³-hybridized carbons (Fsp3) is 0.233. The molecule has 1 N–H and O–H groups in total. The van der Waals surface area contributed by atoms with E-state index in [4.69, 9.17) is 21.1 Å². The summed E-state index contributed by atoms with van der Waals surface area (Å²) in [6, 6.07) is 23.2. The molecule has 1 unspecified atom stereocenters. The van der Waals surface area contributed by atoms with E-state index >= 15 is 0 Å². The molecule has 5 aromatic rings. The van der Waals surface area contributed by atoms with Crippen molar-refractivity contribution in [2.24, 2.45) is 0 Å². The van der Waals surface area contributed by atoms with Crippen molar-refractivity contribution in [3.8, 4) is 5.75 Å². The van der Waals surface area contributed by atoms with Crippen LogP contribution in [-0.2, 0) is 24.3 Å². The lowest BCUT2D eigenvalue weighted by Gasteiger charge is -2.35. The van der Waals surface area contributed by atoms with E-state index in [0.717, 1.165) is 46.4 Å². The first-order chi connectivity index (χ1) is 19.2. The van der Waals surface area contributed by atoms with E-state index in [9.17, 15) is 4.79 Å². The van der Waals surface area contributed by atoms with Gasteiger partial charge >= 0.3 is 6.09 Å². The highest BCUT2D eigenvalue weighted by Gasteiger charge is 2.35. The maximum Gasteiger partial charge on any atom is 0.410 e. The molecule has 0 saturated carbocycles. The van der Waals surface area contributed by atoms with E-state index in [1.807, 2.05) is 79.0 Å². The monoisotopic (exact) mass is 541 g/mol. The number of aryl methyl sites for hydroxylation is 1. The number of nitrogens with one attached hydrogen (secondary N) is 1. The zero-order chi connectivity index (χ0) is 26.6. The fourth-order valence-electron chi connectivity index (χ4n) is 5.12. The average Bonchev–Trinajstić information content (AvgIpc) is 3.62. The number of aromatic amines is 1. The lowest BCUT2D eigenvalue weighted by molar-refractivity contribution is 0.0832. The van der Waals surface area contributed by atoms with Gasteiger partial charge in [-0.1, -0.05) is 59.3 Å². The van der Waals surface area contributed by atoms with E-state index in [2.05, 4.69) is 15.3 Å². The number of carbonyl (C=O) groups is 1. The molecule has 0 bridgehead atoms. The van der Waals surface area contributed by atoms with Crippen molar-refractivity contribution in [3.05, 3.63) is 113 Å². The second-order valence-electron chi connectivity index (χ2n) is 9.53. The maximum absolute atomic E-state index is 13.4. The minimum atomic E-state index is -0.348. The molecular weight excluding hydrogens is 514 g/mol. The molecule has 1 amide bonds. The van der Waals surface area contributed by atoms with Crippen molar-refractivity contribution in [2.45, 2.75) is 32.0 Å². The zero-order valence-electron chi connectivity index (χ0n) is 21.3. The zero-order valence-corrected chi connectivity index (χ0v) is 22.1. The van der Waals surface area contributed by atoms with Crippen LogP contribution < -0.4 is 4.74 Å². The van der Waals surface area contributed by atoms with Crippen molar-refractivity contribution in [2.75, 3.05) is 13.2 Å². The number of ether oxygens (including phenoxy) is 2. The molecular formula is C30H28ClN5O3. The highest BCUT2D eigenvalue weighted by molar-refractivity contribution is 6.31. The van der Waals surface area contributed by atoms with Crippen LogP contribution in [0.3, 0.4) is 0 Å². The first-order valence-electron chi connectivity index (χ1n) is 13.0. The number of halogens is 1. The van der Waals surface area contributed by atoms with Gasteiger partial charge in [0.25, 0.3) is 0 Å². The number of aromatic nitrogens is 4. The molecule has 8 nitrogen and oxygen atoms in total. The molecule has 1 aliphatic heterocycles. The van der Waals surface area contributed by atoms with Crippen LogP contribution in [0, 0.1) is 0 Å². The Hall–Kier alpha value is -4.30. The van der Waals surface area contributed by atoms with E-state index in [-0.39, 0.29) is 18.7 Å². The van der Waals surface area contributed by atoms with E-state index in [0.29, 0.717) is 24.6 Å². The Morgan fingerprint density at radius 3 is 2.72 bits per heavy atom. The quantitative estimate of drug-likeness (QED) is 0.238. The van der Waals surface area contributed by atoms with Crippen LogP contribution in [0.2, 0.25) is 5.02 Å². The van der Waals surface area contributed by atoms with Gasteiger partial charge in [0.2, 0.25) is 0 Å². The van der Waals surface area contributed by atoms with Gasteiger partial charge in [-0.3, -0.25) is 9.58 Å². The predicted molar refractivity (Wildman–Crippen MR) is 149 cm³/mol. The minimum absolute atomic E-state index is 0.222. The van der Waals surface area contributed by atoms with Crippen molar-refractivity contribution in [1.29, 1.82) is 0 Å². The Balaban J connectivity index is 1.24. The SMILES string of the molecule is O=C(OCc1ccccc1)N1CCc2c([nH]c3ccc(Cl)cc23)C1c1ccc(OCCCn2ccnn2)cc1. The number of nitrogens with zero attached hydrogens (tertiary/aromatic N) is 4. The van der Waals surface area contributed by atoms with Crippen molar-refractivity contribution < 1.29 is 14.3 Å². The van der Waals surface area contributed by atoms with Crippen LogP contribution in [0.1, 0.15) is 34.8 Å². The van der Waals surface area contributed by atoms with Crippen LogP contribution in [0.4, 0.5) is 4.79 Å². The highest BCUT2D eigenvalue weighted by Crippen LogP contribution is 2.39. The van der Waals surface area contributed by atoms with E-state index < -0.39 is 0 Å². The summed E-state index contributed by atoms with van der Waals surface area (Å²) in [7, 11) is 0. The Bertz CT molecular complexity index is 1550. The molecule has 1 aliphatic rings. The summed E-state index contributed by atoms with van der Waals surface area (Å²) in [5.41, 5.74) is 5.09. The number of benzene rings is 3. The largest absolute Gasteiger partial charge is 0.494 e. The predicted octanol–water partition coefficient (Wildman–Crippen LogP) is 6.17. The third-order valence-corrected chi connectivity index (χ3v) is 7.23. The van der Waals surface area contributed by atoms with Crippen molar-refractivity contribution in [1.82, 2.24) is 24.9 Å². The Morgan fingerprint density at radius 2 is 1.92 bits per heavy atom. The second kappa shape index (κ2) is 11.2. The lowest BCUT2D eigenvalue weighted by atomic mass is 9.92. The highest BCUT2D eigenvalue weighted by atomic mass is 35.5. The summed E-state index contributed by atoms with van der Waals surface area (Å²) < 4.78 is 13.5. The standard InChI is InChI=1S/C30H28ClN5O3/c31-23-9-12-27-26(19-23)25-13-16-36(30(37)39-20-21-5-2-1-3-6-21)29(28(25)33-27)22-7-10-24(11-8-22)38-18-4-15-35-17-14-32-34-35/h1-3,5-12,14,17,19,29,33H,4,13,15-16,18,20H2. The first kappa shape index (κ1) is 25.0. The number of H-pyrrole nitrogens is 1. The van der Waals surface area contributed by atoms with Gasteiger partial charge in [0.1, 0.15) is 18.4 Å². The van der Waals surface area contributed by atoms with Crippen molar-refractivity contribution in [3.63, 3.8) is 0 Å². The number of rotatable bonds is 8. The topological polar surface area (TPSA) is 85.3 Å². The Labute approximate surface area is 231 Å². The summed E-state index contributed by atoms with van der Waals surface area (Å²) in [4.78, 5) is 18.8. The maximum atomic E-state index is 13.4. The summed E-state index contributed by atoms with van der Waals surface area (Å²) in [5, 5.41) is 9.57. The number of hydrogen-bond donors (Lipinski definition) is 1. The molecule has 0 fully saturated rings. The number of carbonyl (C=O) groups excluding carboxylic acids is 1. The van der Waals surface area contributed by atoms with Gasteiger partial charge in [-0.05, 0) is 53.4 Å². The number of fused-ring (bicyclic) bond motifs is 3. The molecule has 0 aliphatic carbocycles. The van der Waals surface area contributed by atoms with E-state index in [1.165, 1.54) is 5.56 Å². The minimum Gasteiger partial charge on any atom is -0.494 e. The van der Waals surface area contributed by atoms with Crippen LogP contribution >= 0.6 is 11.6 Å². The molecule has 39 heavy (non-hydrogen) atoms. The lowest BCUT2D eigenvalue weighted by Crippen LogP contribution is -2.40. The Morgan fingerprint density at radius 1 is 1.08 bits per heavy atom. The molecule has 0 saturated heterocycles. The van der Waals surface area contributed by atoms with Gasteiger partial charge in [-0.2, -0.15) is 0 Å². The van der Waals surface area contributed by atoms with Crippen LogP contribution in [-0.4, -0.2) is 44.1 Å². The fourth-order valence-corrected chi connectivity index (χ4v) is 5.29. The van der Waals surface area contributed by atoms with Gasteiger partial charge in [-0.15, -0.1) is 5.10 Å². The smallest absolute Gasteiger partial charge is 0.410 e. The van der Waals surface area contributed by atoms with Gasteiger partial charge in [0.15, 0.2) is 0 Å². The number of hydrogen-bond acceptors (Lipinski definition) is 5. The van der Waals surface area contributed by atoms with E-state index in [1.54, 1.807) is 15.8 Å². The molecule has 6 rings (SSSR count). The number of amides is 1. The van der Waals surface area contributed by atoms with Gasteiger partial charge < -0.3 is 14.5 Å². The summed E-state index contributed by atoms with van der Waals surface area (Å²) >= 11 is 6.33. The molecule has 0 spiro atoms. The molecule has 2 aromatic heterocycles. The first-order valence-corrected chi connectivity index (χ1v) is 13.4. The van der Waals surface area contributed by atoms with Crippen LogP contribution in [0.25, 0.3) is 10.9 Å². The summed E-state index contributed by atoms with van der Waals surface area (Å²) in [6.45, 7) is 2.06. The van der Waals surface area contributed by atoms with Crippen LogP contribution in [0.15, 0.2) is 85.2 Å². The van der Waals surface area contributed by atoms with Gasteiger partial charge in [-0.25, -0.2) is 4.79 Å². The average molecular weight is 542 g/mol. The van der Waals surface area contributed by atoms with Crippen LogP contribution in [0.5, 0.6) is 5.75 Å². The molecule has 3 aromatic carbocycles. The molecule has 198 valence electrons. The third-order valence-electron chi connectivity index (χ3n) is 7.00. The normalized spacial score (nSPS) is 14.8. The molecule has 9 heteroatoms. The third kappa shape index (κ3) is 5.47. The summed E-state index contributed by atoms with van der Waals surface area (Å²) in [5.74, 6) is 0.773. The van der Waals surface area contributed by atoms with Crippen molar-refractivity contribution >= 4 is 28.6 Å². The van der Waals surface area contributed by atoms with Gasteiger partial charge in [0.05, 0.1) is 12.8 Å². The molecule has 1 atom stereocenters. The molecule has 3 heterocycles. The van der Waals surface area contributed by atoms with Gasteiger partial charge in [0, 0.05) is 47.3 Å². The molecule has 0 radical (unpaired) electrons.